The zero-order valence-corrected chi connectivity index (χ0v) is 51.7. The van der Waals surface area contributed by atoms with Crippen LogP contribution in [0.1, 0.15) is 367 Å². The summed E-state index contributed by atoms with van der Waals surface area (Å²) in [6.45, 7) is 4.87. The maximum atomic E-state index is 12.4. The molecular formula is C71H133NO5. The van der Waals surface area contributed by atoms with Crippen molar-refractivity contribution in [3.63, 3.8) is 0 Å². The Hall–Kier alpha value is -2.18. The quantitative estimate of drug-likeness (QED) is 0.0320. The summed E-state index contributed by atoms with van der Waals surface area (Å²) >= 11 is 0. The number of carbonyl (C=O) groups excluding carboxylic acids is 2. The van der Waals surface area contributed by atoms with Crippen LogP contribution in [0.2, 0.25) is 0 Å². The molecule has 0 saturated carbocycles. The number of aliphatic hydroxyl groups excluding tert-OH is 2. The highest BCUT2D eigenvalue weighted by Crippen LogP contribution is 2.18. The summed E-state index contributed by atoms with van der Waals surface area (Å²) < 4.78 is 5.50. The number of ether oxygens (including phenoxy) is 1. The number of rotatable bonds is 64. The summed E-state index contributed by atoms with van der Waals surface area (Å²) in [7, 11) is 0. The number of amides is 1. The number of carbonyl (C=O) groups is 2. The van der Waals surface area contributed by atoms with Crippen LogP contribution in [0.15, 0.2) is 48.6 Å². The fraction of sp³-hybridized carbons (Fsp3) is 0.859. The van der Waals surface area contributed by atoms with E-state index in [0.717, 1.165) is 51.4 Å². The molecule has 3 N–H and O–H groups in total. The summed E-state index contributed by atoms with van der Waals surface area (Å²) in [5, 5.41) is 23.0. The number of hydrogen-bond acceptors (Lipinski definition) is 5. The third kappa shape index (κ3) is 62.9. The second kappa shape index (κ2) is 66.3. The average molecular weight is 1080 g/mol. The van der Waals surface area contributed by atoms with Crippen LogP contribution < -0.4 is 5.32 Å². The Balaban J connectivity index is 3.33. The van der Waals surface area contributed by atoms with Gasteiger partial charge in [-0.1, -0.05) is 313 Å². The molecule has 0 aliphatic carbocycles. The van der Waals surface area contributed by atoms with E-state index < -0.39 is 12.1 Å². The lowest BCUT2D eigenvalue weighted by atomic mass is 10.0. The molecule has 0 aromatic rings. The van der Waals surface area contributed by atoms with Gasteiger partial charge in [0.2, 0.25) is 5.91 Å². The van der Waals surface area contributed by atoms with Crippen molar-refractivity contribution in [2.24, 2.45) is 0 Å². The first-order chi connectivity index (χ1) is 38.0. The number of esters is 1. The Bertz CT molecular complexity index is 1290. The molecule has 0 heterocycles. The van der Waals surface area contributed by atoms with Crippen LogP contribution in [-0.2, 0) is 14.3 Å². The van der Waals surface area contributed by atoms with E-state index in [0.29, 0.717) is 19.4 Å². The van der Waals surface area contributed by atoms with Crippen LogP contribution in [0.5, 0.6) is 0 Å². The number of nitrogens with one attached hydrogen (secondary N) is 1. The fourth-order valence-corrected chi connectivity index (χ4v) is 10.5. The standard InChI is InChI=1S/C71H133NO5/c1-3-5-7-9-11-13-14-15-16-17-36-39-42-45-49-53-57-61-65-71(76)77-66-62-58-54-50-46-43-40-37-34-32-30-28-26-24-22-20-18-19-21-23-25-27-29-31-33-35-38-41-44-48-52-56-60-64-70(75)72-68(67-73)69(74)63-59-55-51-47-12-10-8-6-4-2/h13-14,16-17,22,24,59,63,68-69,73-74H,3-12,15,18-21,23,25-58,60-62,64-67H2,1-2H3,(H,72,75)/b14-13-,17-16-,24-22-,63-59+. The van der Waals surface area contributed by atoms with Crippen molar-refractivity contribution in [1.82, 2.24) is 5.32 Å². The molecular weight excluding hydrogens is 947 g/mol. The van der Waals surface area contributed by atoms with E-state index in [1.807, 2.05) is 6.08 Å². The Kier molecular flexibility index (Phi) is 64.5. The van der Waals surface area contributed by atoms with Crippen LogP contribution in [0.4, 0.5) is 0 Å². The van der Waals surface area contributed by atoms with Gasteiger partial charge < -0.3 is 20.3 Å². The van der Waals surface area contributed by atoms with E-state index in [1.165, 1.54) is 289 Å². The molecule has 0 bridgehead atoms. The van der Waals surface area contributed by atoms with Gasteiger partial charge in [0.05, 0.1) is 25.4 Å². The van der Waals surface area contributed by atoms with E-state index in [1.54, 1.807) is 6.08 Å². The molecule has 2 atom stereocenters. The van der Waals surface area contributed by atoms with Gasteiger partial charge in [-0.05, 0) is 89.9 Å². The molecule has 0 aromatic heterocycles. The van der Waals surface area contributed by atoms with Gasteiger partial charge in [0, 0.05) is 12.8 Å². The molecule has 0 saturated heterocycles. The maximum absolute atomic E-state index is 12.4. The van der Waals surface area contributed by atoms with E-state index in [9.17, 15) is 19.8 Å². The van der Waals surface area contributed by atoms with Crippen molar-refractivity contribution in [1.29, 1.82) is 0 Å². The zero-order valence-electron chi connectivity index (χ0n) is 51.7. The number of aliphatic hydroxyl groups is 2. The molecule has 0 rings (SSSR count). The van der Waals surface area contributed by atoms with Crippen molar-refractivity contribution < 1.29 is 24.5 Å². The van der Waals surface area contributed by atoms with Crippen LogP contribution in [0.3, 0.4) is 0 Å². The average Bonchev–Trinajstić information content (AvgIpc) is 3.43. The second-order valence-corrected chi connectivity index (χ2v) is 23.5. The van der Waals surface area contributed by atoms with Gasteiger partial charge in [-0.25, -0.2) is 0 Å². The highest BCUT2D eigenvalue weighted by atomic mass is 16.5. The number of allylic oxidation sites excluding steroid dienone is 7. The molecule has 6 heteroatoms. The Labute approximate surface area is 480 Å². The van der Waals surface area contributed by atoms with Gasteiger partial charge in [0.15, 0.2) is 0 Å². The molecule has 452 valence electrons. The summed E-state index contributed by atoms with van der Waals surface area (Å²) in [4.78, 5) is 24.5. The Morgan fingerprint density at radius 1 is 0.364 bits per heavy atom. The minimum atomic E-state index is -0.840. The first kappa shape index (κ1) is 74.8. The topological polar surface area (TPSA) is 95.9 Å². The summed E-state index contributed by atoms with van der Waals surface area (Å²) in [6, 6.07) is -0.624. The Morgan fingerprint density at radius 2 is 0.649 bits per heavy atom. The third-order valence-electron chi connectivity index (χ3n) is 15.8. The molecule has 0 aromatic carbocycles. The highest BCUT2D eigenvalue weighted by molar-refractivity contribution is 5.76. The third-order valence-corrected chi connectivity index (χ3v) is 15.8. The van der Waals surface area contributed by atoms with Gasteiger partial charge in [-0.2, -0.15) is 0 Å². The molecule has 0 aliphatic heterocycles. The molecule has 0 aliphatic rings. The van der Waals surface area contributed by atoms with Gasteiger partial charge in [0.1, 0.15) is 0 Å². The molecule has 77 heavy (non-hydrogen) atoms. The minimum absolute atomic E-state index is 0.0110. The summed E-state index contributed by atoms with van der Waals surface area (Å²) in [5.41, 5.74) is 0. The van der Waals surface area contributed by atoms with Crippen molar-refractivity contribution in [3.05, 3.63) is 48.6 Å². The Morgan fingerprint density at radius 3 is 1.01 bits per heavy atom. The summed E-state index contributed by atoms with van der Waals surface area (Å²) in [6.07, 6.45) is 86.3. The van der Waals surface area contributed by atoms with Crippen LogP contribution >= 0.6 is 0 Å². The monoisotopic (exact) mass is 1080 g/mol. The predicted molar refractivity (Wildman–Crippen MR) is 338 cm³/mol. The van der Waals surface area contributed by atoms with Gasteiger partial charge in [-0.15, -0.1) is 0 Å². The summed E-state index contributed by atoms with van der Waals surface area (Å²) in [5.74, 6) is -0.0559. The van der Waals surface area contributed by atoms with Crippen molar-refractivity contribution >= 4 is 11.9 Å². The molecule has 6 nitrogen and oxygen atoms in total. The smallest absolute Gasteiger partial charge is 0.305 e. The maximum Gasteiger partial charge on any atom is 0.305 e. The SMILES string of the molecule is CCCCCC/C=C\C/C=C\CCCCCCCCCC(=O)OCCCCCCCCCCCCCC/C=C\CCCCCCCCCCCCCCCCCCCC(=O)NC(CO)C(O)/C=C/CCCCCCCCC. The number of hydrogen-bond donors (Lipinski definition) is 3. The van der Waals surface area contributed by atoms with Crippen molar-refractivity contribution in [3.8, 4) is 0 Å². The molecule has 2 unspecified atom stereocenters. The van der Waals surface area contributed by atoms with E-state index in [4.69, 9.17) is 4.74 Å². The molecule has 0 fully saturated rings. The fourth-order valence-electron chi connectivity index (χ4n) is 10.5. The lowest BCUT2D eigenvalue weighted by Gasteiger charge is -2.20. The first-order valence-electron chi connectivity index (χ1n) is 34.4. The molecule has 0 radical (unpaired) electrons. The van der Waals surface area contributed by atoms with E-state index in [-0.39, 0.29) is 18.5 Å². The normalized spacial score (nSPS) is 12.8. The van der Waals surface area contributed by atoms with Crippen LogP contribution in [0, 0.1) is 0 Å². The number of unbranched alkanes of at least 4 members (excludes halogenated alkanes) is 47. The van der Waals surface area contributed by atoms with Gasteiger partial charge >= 0.3 is 5.97 Å². The van der Waals surface area contributed by atoms with Crippen LogP contribution in [0.25, 0.3) is 0 Å². The van der Waals surface area contributed by atoms with Crippen molar-refractivity contribution in [2.75, 3.05) is 13.2 Å². The molecule has 0 spiro atoms. The first-order valence-corrected chi connectivity index (χ1v) is 34.4. The molecule has 1 amide bonds. The predicted octanol–water partition coefficient (Wildman–Crippen LogP) is 22.1. The van der Waals surface area contributed by atoms with Crippen molar-refractivity contribution in [2.45, 2.75) is 379 Å². The largest absolute Gasteiger partial charge is 0.466 e. The van der Waals surface area contributed by atoms with E-state index >= 15 is 0 Å². The zero-order chi connectivity index (χ0) is 55.7. The van der Waals surface area contributed by atoms with Gasteiger partial charge in [0.25, 0.3) is 0 Å². The minimum Gasteiger partial charge on any atom is -0.466 e. The second-order valence-electron chi connectivity index (χ2n) is 23.5. The highest BCUT2D eigenvalue weighted by Gasteiger charge is 2.18. The lowest BCUT2D eigenvalue weighted by Crippen LogP contribution is -2.45. The lowest BCUT2D eigenvalue weighted by molar-refractivity contribution is -0.143. The van der Waals surface area contributed by atoms with Gasteiger partial charge in [-0.3, -0.25) is 9.59 Å². The van der Waals surface area contributed by atoms with Crippen LogP contribution in [-0.4, -0.2) is 47.4 Å². The van der Waals surface area contributed by atoms with E-state index in [2.05, 4.69) is 55.6 Å².